The van der Waals surface area contributed by atoms with Gasteiger partial charge >= 0.3 is 0 Å². The van der Waals surface area contributed by atoms with Crippen LogP contribution in [0, 0.1) is 0 Å². The van der Waals surface area contributed by atoms with E-state index in [1.165, 1.54) is 31.1 Å². The lowest BCUT2D eigenvalue weighted by molar-refractivity contribution is 0.729. The molecule has 0 bridgehead atoms. The van der Waals surface area contributed by atoms with Crippen LogP contribution in [0.5, 0.6) is 0 Å². The first-order valence-electron chi connectivity index (χ1n) is 46.1. The minimum atomic E-state index is -2.46. The van der Waals surface area contributed by atoms with Gasteiger partial charge in [-0.15, -0.1) is 0 Å². The van der Waals surface area contributed by atoms with E-state index in [2.05, 4.69) is 401 Å². The summed E-state index contributed by atoms with van der Waals surface area (Å²) < 4.78 is 0. The van der Waals surface area contributed by atoms with Gasteiger partial charge in [-0.2, -0.15) is 0 Å². The van der Waals surface area contributed by atoms with Gasteiger partial charge in [-0.3, -0.25) is 29.9 Å². The van der Waals surface area contributed by atoms with Gasteiger partial charge in [0, 0.05) is 189 Å². The zero-order chi connectivity index (χ0) is 89.5. The summed E-state index contributed by atoms with van der Waals surface area (Å²) >= 11 is 0. The van der Waals surface area contributed by atoms with Crippen LogP contribution in [0.1, 0.15) is 91.0 Å². The Labute approximate surface area is 774 Å². The highest BCUT2D eigenvalue weighted by Crippen LogP contribution is 2.44. The molecule has 3 aliphatic heterocycles. The fourth-order valence-corrected chi connectivity index (χ4v) is 29.7. The zero-order valence-electron chi connectivity index (χ0n) is 75.6. The molecule has 9 aromatic carbocycles. The third-order valence-electron chi connectivity index (χ3n) is 27.9. The van der Waals surface area contributed by atoms with E-state index in [4.69, 9.17) is 59.8 Å². The summed E-state index contributed by atoms with van der Waals surface area (Å²) in [4.78, 5) is 65.4. The largest absolute Gasteiger partial charge is 0.260 e. The van der Waals surface area contributed by atoms with Crippen LogP contribution in [-0.2, 0) is 19.3 Å². The Kier molecular flexibility index (Phi) is 21.3. The van der Waals surface area contributed by atoms with Crippen LogP contribution >= 0.6 is 0 Å². The van der Waals surface area contributed by atoms with Crippen molar-refractivity contribution in [1.82, 2.24) is 59.8 Å². The van der Waals surface area contributed by atoms with Crippen LogP contribution in [0.4, 0.5) is 0 Å². The quantitative estimate of drug-likeness (QED) is 0.0629. The third kappa shape index (κ3) is 15.1. The van der Waals surface area contributed by atoms with Crippen molar-refractivity contribution in [2.24, 2.45) is 0 Å². The van der Waals surface area contributed by atoms with E-state index in [1.54, 1.807) is 0 Å². The molecule has 3 atom stereocenters. The van der Waals surface area contributed by atoms with E-state index >= 15 is 0 Å². The first-order chi connectivity index (χ1) is 64.4. The number of allylic oxidation sites excluding steroid dienone is 4. The summed E-state index contributed by atoms with van der Waals surface area (Å²) in [6, 6.07) is 106. The molecular formula is C117H98N12Si3. The molecule has 0 fully saturated rings. The van der Waals surface area contributed by atoms with Crippen LogP contribution in [0.25, 0.3) is 163 Å². The second-order valence-electron chi connectivity index (χ2n) is 37.5. The topological polar surface area (TPSA) is 155 Å². The van der Waals surface area contributed by atoms with Crippen LogP contribution in [0.2, 0.25) is 39.3 Å². The molecule has 12 nitrogen and oxygen atoms in total. The van der Waals surface area contributed by atoms with Gasteiger partial charge < -0.3 is 0 Å². The number of aromatic nitrogens is 12. The summed E-state index contributed by atoms with van der Waals surface area (Å²) in [6.07, 6.45) is 23.5. The van der Waals surface area contributed by atoms with Crippen molar-refractivity contribution in [3.05, 3.63) is 392 Å². The Morgan fingerprint density at radius 1 is 0.242 bits per heavy atom. The van der Waals surface area contributed by atoms with Gasteiger partial charge in [0.1, 0.15) is 24.2 Å². The fourth-order valence-electron chi connectivity index (χ4n) is 20.6. The van der Waals surface area contributed by atoms with Crippen LogP contribution in [0.15, 0.2) is 353 Å². The molecule has 0 saturated heterocycles. The van der Waals surface area contributed by atoms with Crippen LogP contribution in [0.3, 0.4) is 0 Å². The summed E-state index contributed by atoms with van der Waals surface area (Å²) in [6.45, 7) is 21.9. The van der Waals surface area contributed by atoms with Crippen molar-refractivity contribution in [2.45, 2.75) is 110 Å². The van der Waals surface area contributed by atoms with Crippen molar-refractivity contribution in [3.8, 4) is 157 Å². The zero-order valence-corrected chi connectivity index (χ0v) is 78.6. The van der Waals surface area contributed by atoms with Gasteiger partial charge in [0.25, 0.3) is 0 Å². The fraction of sp³-hybridized carbons (Fsp3) is 0.145. The molecule has 3 unspecified atom stereocenters. The first kappa shape index (κ1) is 82.9. The minimum Gasteiger partial charge on any atom is -0.260 e. The highest BCUT2D eigenvalue weighted by atomic mass is 28.3. The Balaban J connectivity index is 0.619. The molecule has 0 spiro atoms. The first-order valence-corrected chi connectivity index (χ1v) is 55.1. The number of benzene rings is 9. The van der Waals surface area contributed by atoms with E-state index in [9.17, 15) is 0 Å². The average molecular weight is 1760 g/mol. The van der Waals surface area contributed by atoms with Gasteiger partial charge in [0.15, 0.2) is 17.5 Å². The summed E-state index contributed by atoms with van der Waals surface area (Å²) in [7, 11) is -7.37. The van der Waals surface area contributed by atoms with E-state index in [1.807, 2.05) is 12.1 Å². The average Bonchev–Trinajstić information content (AvgIpc) is 1.58. The molecule has 0 saturated carbocycles. The smallest absolute Gasteiger partial charge is 0.160 e. The predicted molar refractivity (Wildman–Crippen MR) is 548 cm³/mol. The molecule has 12 heterocycles. The molecule has 4 aliphatic rings. The van der Waals surface area contributed by atoms with Crippen LogP contribution in [-0.4, -0.2) is 84.0 Å². The maximum atomic E-state index is 5.53. The number of hydrogen-bond acceptors (Lipinski definition) is 12. The maximum absolute atomic E-state index is 5.53. The third-order valence-corrected chi connectivity index (χ3v) is 38.4. The Hall–Kier alpha value is -14.7. The summed E-state index contributed by atoms with van der Waals surface area (Å²) in [5.41, 5.74) is 34.1. The second-order valence-corrected chi connectivity index (χ2v) is 50.5. The summed E-state index contributed by atoms with van der Waals surface area (Å²) in [5, 5.41) is 8.10. The van der Waals surface area contributed by atoms with Crippen molar-refractivity contribution in [3.63, 3.8) is 0 Å². The number of nitrogens with zero attached hydrogens (tertiary/aromatic N) is 12. The number of hydrogen-bond donors (Lipinski definition) is 0. The lowest BCUT2D eigenvalue weighted by atomic mass is 9.90. The lowest BCUT2D eigenvalue weighted by Crippen LogP contribution is -2.49. The highest BCUT2D eigenvalue weighted by Gasteiger charge is 2.43. The second kappa shape index (κ2) is 34.0. The van der Waals surface area contributed by atoms with Gasteiger partial charge in [-0.25, -0.2) is 29.9 Å². The Morgan fingerprint density at radius 3 is 0.712 bits per heavy atom. The molecular weight excluding hydrogens is 1660 g/mol. The van der Waals surface area contributed by atoms with Crippen molar-refractivity contribution in [2.75, 3.05) is 0 Å². The van der Waals surface area contributed by atoms with Gasteiger partial charge in [0.2, 0.25) is 0 Å². The predicted octanol–water partition coefficient (Wildman–Crippen LogP) is 23.9. The number of rotatable bonds is 21. The molecule has 15 heteroatoms. The van der Waals surface area contributed by atoms with Crippen LogP contribution < -0.4 is 31.1 Å². The molecule has 638 valence electrons. The molecule has 0 N–H and O–H groups in total. The molecule has 9 aromatic heterocycles. The Morgan fingerprint density at radius 2 is 0.470 bits per heavy atom. The molecule has 18 aromatic rings. The van der Waals surface area contributed by atoms with Gasteiger partial charge in [-0.05, 0) is 118 Å². The maximum Gasteiger partial charge on any atom is 0.160 e. The van der Waals surface area contributed by atoms with E-state index in [-0.39, 0.29) is 17.8 Å². The van der Waals surface area contributed by atoms with Crippen molar-refractivity contribution >= 4 is 60.9 Å². The SMILES string of the molecule is CC(Cc1c(-c2ccccc2)nc(C2=CCCC=C2)nc1-c1ccccc1)c1cc2c(cn1)-c1cnc(-c3cc(-c4cc5c(cn4)-c4cnc(C(C)Cc6c(-c7ccccc7)nc(-c7ccccc7)nc6-c6ccccc6)cc4[Si]5(C)C)cc(-c4cc5c(cn4)-c4cnc(C(C)Cc6c(-c7ccccc7)nc(-c7ccccc7)nc6-c6ccccc6)cc4[Si]5(C)C)c3)cc1[Si]2(C)C. The van der Waals surface area contributed by atoms with E-state index in [0.717, 1.165) is 204 Å². The van der Waals surface area contributed by atoms with Crippen molar-refractivity contribution in [1.29, 1.82) is 0 Å². The highest BCUT2D eigenvalue weighted by molar-refractivity contribution is 7.05. The lowest BCUT2D eigenvalue weighted by Gasteiger charge is -2.22. The molecule has 0 amide bonds. The number of pyridine rings is 6. The Bertz CT molecular complexity index is 7110. The molecule has 1 aliphatic carbocycles. The number of fused-ring (bicyclic) bond motifs is 9. The molecule has 22 rings (SSSR count). The molecule has 0 radical (unpaired) electrons. The van der Waals surface area contributed by atoms with E-state index < -0.39 is 24.2 Å². The standard InChI is InChI=1S/C117H98N12Si3/c1-73(55-88-109(76-37-19-10-20-38-76)124-115(82-49-31-16-32-50-82)125-110(88)77-39-21-11-22-40-77)97-61-103-91(67-118-97)94-70-121-100(64-106(94)130(103,4)5)85-58-86(101-65-107-95(71-122-101)92-68-119-98(62-104(92)131(107,6)7)74(2)56-89-111(78-41-23-12-24-42-78)126-116(83-51-33-17-34-52-83)127-112(89)79-43-25-13-26-44-79)60-87(59-85)102-66-108-96(72-123-102)93-69-120-99(63-105(93)132(108,8)9)75(3)57-90-113(80-45-27-14-28-46-80)128-117(84-53-35-18-36-54-84)129-114(90)81-47-29-15-30-48-81/h10-17,19-35,37-54,58-75H,18,36,55-57H2,1-9H3. The van der Waals surface area contributed by atoms with Gasteiger partial charge in [-0.1, -0.05) is 321 Å². The summed E-state index contributed by atoms with van der Waals surface area (Å²) in [5.74, 6) is 2.19. The minimum absolute atomic E-state index is 0.0100. The monoisotopic (exact) mass is 1750 g/mol. The van der Waals surface area contributed by atoms with Crippen molar-refractivity contribution < 1.29 is 0 Å². The normalized spacial score (nSPS) is 14.5. The van der Waals surface area contributed by atoms with E-state index in [0.29, 0.717) is 30.9 Å². The molecule has 132 heavy (non-hydrogen) atoms. The van der Waals surface area contributed by atoms with Gasteiger partial charge in [0.05, 0.1) is 51.2 Å².